The van der Waals surface area contributed by atoms with Gasteiger partial charge < -0.3 is 15.7 Å². The van der Waals surface area contributed by atoms with E-state index in [1.54, 1.807) is 0 Å². The molecule has 0 atom stereocenters. The highest BCUT2D eigenvalue weighted by molar-refractivity contribution is 5.82. The number of amidine groups is 1. The van der Waals surface area contributed by atoms with Crippen LogP contribution in [0.1, 0.15) is 33.1 Å². The Morgan fingerprint density at radius 3 is 2.47 bits per heavy atom. The van der Waals surface area contributed by atoms with Crippen molar-refractivity contribution in [3.8, 4) is 0 Å². The van der Waals surface area contributed by atoms with Gasteiger partial charge in [-0.1, -0.05) is 13.8 Å². The first-order valence-electron chi connectivity index (χ1n) is 5.67. The van der Waals surface area contributed by atoms with Gasteiger partial charge in [-0.25, -0.2) is 0 Å². The van der Waals surface area contributed by atoms with Crippen molar-refractivity contribution in [1.29, 1.82) is 5.41 Å². The van der Waals surface area contributed by atoms with Gasteiger partial charge in [0.05, 0.1) is 11.9 Å². The van der Waals surface area contributed by atoms with Gasteiger partial charge in [-0.2, -0.15) is 0 Å². The normalized spacial score (nSPS) is 20.5. The van der Waals surface area contributed by atoms with E-state index in [-0.39, 0.29) is 17.4 Å². The monoisotopic (exact) mass is 213 g/mol. The molecule has 1 fully saturated rings. The van der Waals surface area contributed by atoms with E-state index in [2.05, 4.69) is 4.90 Å². The molecule has 0 amide bonds. The van der Waals surface area contributed by atoms with Crippen molar-refractivity contribution in [1.82, 2.24) is 4.90 Å². The van der Waals surface area contributed by atoms with E-state index in [4.69, 9.17) is 11.1 Å². The standard InChI is InChI=1S/C11H23N3O/c1-11(2,10(12)13)5-8-14-6-3-9(15)4-7-14/h9,15H,3-8H2,1-2H3,(H3,12,13). The Hall–Kier alpha value is -0.610. The van der Waals surface area contributed by atoms with Crippen molar-refractivity contribution < 1.29 is 5.11 Å². The SMILES string of the molecule is CC(C)(CCN1CCC(O)CC1)C(=N)N. The smallest absolute Gasteiger partial charge is 0.0963 e. The number of nitrogens with one attached hydrogen (secondary N) is 1. The fraction of sp³-hybridized carbons (Fsp3) is 0.909. The maximum absolute atomic E-state index is 9.36. The molecule has 15 heavy (non-hydrogen) atoms. The summed E-state index contributed by atoms with van der Waals surface area (Å²) in [5.41, 5.74) is 5.33. The van der Waals surface area contributed by atoms with Crippen LogP contribution >= 0.6 is 0 Å². The number of rotatable bonds is 4. The molecule has 1 saturated heterocycles. The van der Waals surface area contributed by atoms with Crippen molar-refractivity contribution in [2.24, 2.45) is 11.1 Å². The minimum absolute atomic E-state index is 0.109. The molecule has 0 bridgehead atoms. The van der Waals surface area contributed by atoms with Crippen LogP contribution in [-0.4, -0.2) is 41.6 Å². The summed E-state index contributed by atoms with van der Waals surface area (Å²) >= 11 is 0. The van der Waals surface area contributed by atoms with Crippen LogP contribution in [0.2, 0.25) is 0 Å². The van der Waals surface area contributed by atoms with E-state index >= 15 is 0 Å². The Bertz CT molecular complexity index is 220. The number of hydrogen-bond donors (Lipinski definition) is 3. The van der Waals surface area contributed by atoms with Crippen LogP contribution in [0.4, 0.5) is 0 Å². The van der Waals surface area contributed by atoms with Gasteiger partial charge >= 0.3 is 0 Å². The minimum atomic E-state index is -0.198. The number of likely N-dealkylation sites (tertiary alicyclic amines) is 1. The number of aliphatic hydroxyl groups excluding tert-OH is 1. The van der Waals surface area contributed by atoms with Gasteiger partial charge in [0.15, 0.2) is 0 Å². The molecule has 0 unspecified atom stereocenters. The van der Waals surface area contributed by atoms with Crippen molar-refractivity contribution in [2.75, 3.05) is 19.6 Å². The number of nitrogens with zero attached hydrogens (tertiary/aromatic N) is 1. The lowest BCUT2D eigenvalue weighted by Gasteiger charge is -2.32. The number of aliphatic hydroxyl groups is 1. The Kier molecular flexibility index (Phi) is 4.11. The second-order valence-corrected chi connectivity index (χ2v) is 5.12. The second-order valence-electron chi connectivity index (χ2n) is 5.12. The van der Waals surface area contributed by atoms with E-state index < -0.39 is 0 Å². The molecule has 0 aromatic rings. The molecule has 1 aliphatic heterocycles. The van der Waals surface area contributed by atoms with Crippen molar-refractivity contribution in [2.45, 2.75) is 39.2 Å². The van der Waals surface area contributed by atoms with E-state index in [1.165, 1.54) is 0 Å². The molecule has 0 spiro atoms. The molecule has 0 radical (unpaired) electrons. The van der Waals surface area contributed by atoms with Crippen LogP contribution in [0.15, 0.2) is 0 Å². The zero-order valence-corrected chi connectivity index (χ0v) is 9.79. The van der Waals surface area contributed by atoms with Crippen LogP contribution in [0, 0.1) is 10.8 Å². The van der Waals surface area contributed by atoms with Gasteiger partial charge in [-0.05, 0) is 25.8 Å². The minimum Gasteiger partial charge on any atom is -0.393 e. The quantitative estimate of drug-likeness (QED) is 0.477. The molecule has 0 saturated carbocycles. The Labute approximate surface area is 92.0 Å². The van der Waals surface area contributed by atoms with Gasteiger partial charge in [0, 0.05) is 18.5 Å². The van der Waals surface area contributed by atoms with Gasteiger partial charge in [0.1, 0.15) is 0 Å². The average molecular weight is 213 g/mol. The van der Waals surface area contributed by atoms with Crippen LogP contribution in [0.3, 0.4) is 0 Å². The number of piperidine rings is 1. The van der Waals surface area contributed by atoms with E-state index in [0.29, 0.717) is 0 Å². The summed E-state index contributed by atoms with van der Waals surface area (Å²) in [5, 5.41) is 16.8. The Morgan fingerprint density at radius 1 is 1.47 bits per heavy atom. The summed E-state index contributed by atoms with van der Waals surface area (Å²) in [6.07, 6.45) is 2.56. The molecule has 88 valence electrons. The van der Waals surface area contributed by atoms with Crippen LogP contribution in [-0.2, 0) is 0 Å². The predicted octanol–water partition coefficient (Wildman–Crippen LogP) is 0.795. The summed E-state index contributed by atoms with van der Waals surface area (Å²) < 4.78 is 0. The zero-order valence-electron chi connectivity index (χ0n) is 9.79. The topological polar surface area (TPSA) is 73.3 Å². The summed E-state index contributed by atoms with van der Waals surface area (Å²) in [6, 6.07) is 0. The molecular weight excluding hydrogens is 190 g/mol. The van der Waals surface area contributed by atoms with Gasteiger partial charge in [0.2, 0.25) is 0 Å². The maximum atomic E-state index is 9.36. The molecule has 0 aromatic carbocycles. The lowest BCUT2D eigenvalue weighted by Crippen LogP contribution is -2.40. The van der Waals surface area contributed by atoms with Gasteiger partial charge in [0.25, 0.3) is 0 Å². The van der Waals surface area contributed by atoms with Crippen LogP contribution in [0.25, 0.3) is 0 Å². The third kappa shape index (κ3) is 3.80. The van der Waals surface area contributed by atoms with Crippen LogP contribution in [0.5, 0.6) is 0 Å². The fourth-order valence-corrected chi connectivity index (χ4v) is 1.72. The Morgan fingerprint density at radius 2 is 2.00 bits per heavy atom. The Balaban J connectivity index is 2.28. The van der Waals surface area contributed by atoms with Crippen molar-refractivity contribution >= 4 is 5.84 Å². The number of hydrogen-bond acceptors (Lipinski definition) is 3. The first-order valence-corrected chi connectivity index (χ1v) is 5.67. The first-order chi connectivity index (χ1) is 6.92. The molecule has 4 nitrogen and oxygen atoms in total. The van der Waals surface area contributed by atoms with Crippen molar-refractivity contribution in [3.05, 3.63) is 0 Å². The summed E-state index contributed by atoms with van der Waals surface area (Å²) in [7, 11) is 0. The largest absolute Gasteiger partial charge is 0.393 e. The summed E-state index contributed by atoms with van der Waals surface area (Å²) in [6.45, 7) is 6.92. The summed E-state index contributed by atoms with van der Waals surface area (Å²) in [5.74, 6) is 0.263. The molecular formula is C11H23N3O. The molecule has 1 rings (SSSR count). The van der Waals surface area contributed by atoms with Crippen molar-refractivity contribution in [3.63, 3.8) is 0 Å². The summed E-state index contributed by atoms with van der Waals surface area (Å²) in [4.78, 5) is 2.34. The highest BCUT2D eigenvalue weighted by Gasteiger charge is 2.24. The number of nitrogens with two attached hydrogens (primary N) is 1. The molecule has 0 aromatic heterocycles. The average Bonchev–Trinajstić information content (AvgIpc) is 2.17. The highest BCUT2D eigenvalue weighted by Crippen LogP contribution is 2.21. The predicted molar refractivity (Wildman–Crippen MR) is 62.0 cm³/mol. The fourth-order valence-electron chi connectivity index (χ4n) is 1.72. The molecule has 4 heteroatoms. The lowest BCUT2D eigenvalue weighted by molar-refractivity contribution is 0.0791. The van der Waals surface area contributed by atoms with Gasteiger partial charge in [-0.15, -0.1) is 0 Å². The molecule has 0 aliphatic carbocycles. The lowest BCUT2D eigenvalue weighted by atomic mass is 9.87. The molecule has 1 heterocycles. The zero-order chi connectivity index (χ0) is 11.5. The van der Waals surface area contributed by atoms with E-state index in [9.17, 15) is 5.11 Å². The maximum Gasteiger partial charge on any atom is 0.0963 e. The third-order valence-corrected chi connectivity index (χ3v) is 3.34. The molecule has 4 N–H and O–H groups in total. The third-order valence-electron chi connectivity index (χ3n) is 3.34. The van der Waals surface area contributed by atoms with Gasteiger partial charge in [-0.3, -0.25) is 5.41 Å². The van der Waals surface area contributed by atoms with E-state index in [1.807, 2.05) is 13.8 Å². The first kappa shape index (κ1) is 12.5. The van der Waals surface area contributed by atoms with Crippen LogP contribution < -0.4 is 5.73 Å². The van der Waals surface area contributed by atoms with E-state index in [0.717, 1.165) is 38.9 Å². The molecule has 1 aliphatic rings. The second kappa shape index (κ2) is 4.94. The highest BCUT2D eigenvalue weighted by atomic mass is 16.3.